The fourth-order valence-corrected chi connectivity index (χ4v) is 3.03. The van der Waals surface area contributed by atoms with Crippen LogP contribution in [0, 0.1) is 6.92 Å². The van der Waals surface area contributed by atoms with Crippen LogP contribution < -0.4 is 20.5 Å². The number of benzene rings is 2. The number of ether oxygens (including phenoxy) is 2. The maximum absolute atomic E-state index is 11.7. The van der Waals surface area contributed by atoms with E-state index in [9.17, 15) is 4.79 Å². The maximum atomic E-state index is 11.7. The summed E-state index contributed by atoms with van der Waals surface area (Å²) >= 11 is 0. The van der Waals surface area contributed by atoms with Crippen molar-refractivity contribution in [2.45, 2.75) is 40.2 Å². The van der Waals surface area contributed by atoms with Crippen LogP contribution in [0.1, 0.15) is 42.7 Å². The number of hydrazone groups is 1. The third kappa shape index (κ3) is 6.44. The standard InChI is InChI=1S/C24H28N4O3/c1-4-8-20-14-23(29)27-24(26-20)28-25-15-18-11-12-21(22(13-18)30-5-2)31-16-19-10-7-6-9-17(19)3/h6-7,9-15H,4-5,8,16H2,1-3H3,(H2,26,27,28,29)/b25-15+. The minimum atomic E-state index is -0.204. The van der Waals surface area contributed by atoms with E-state index in [1.807, 2.05) is 44.2 Å². The average molecular weight is 421 g/mol. The fourth-order valence-electron chi connectivity index (χ4n) is 3.03. The summed E-state index contributed by atoms with van der Waals surface area (Å²) in [6, 6.07) is 15.3. The predicted molar refractivity (Wildman–Crippen MR) is 123 cm³/mol. The Morgan fingerprint density at radius 3 is 2.71 bits per heavy atom. The number of nitrogens with one attached hydrogen (secondary N) is 2. The molecular weight excluding hydrogens is 392 g/mol. The Bertz CT molecular complexity index is 1090. The fraction of sp³-hybridized carbons (Fsp3) is 0.292. The van der Waals surface area contributed by atoms with Crippen molar-refractivity contribution in [1.29, 1.82) is 0 Å². The van der Waals surface area contributed by atoms with Gasteiger partial charge in [0.1, 0.15) is 6.61 Å². The molecule has 31 heavy (non-hydrogen) atoms. The molecule has 3 rings (SSSR count). The van der Waals surface area contributed by atoms with Crippen LogP contribution in [0.4, 0.5) is 5.95 Å². The number of hydrogen-bond acceptors (Lipinski definition) is 6. The lowest BCUT2D eigenvalue weighted by Gasteiger charge is -2.13. The largest absolute Gasteiger partial charge is 0.490 e. The molecule has 0 aliphatic heterocycles. The molecule has 7 nitrogen and oxygen atoms in total. The lowest BCUT2D eigenvalue weighted by atomic mass is 10.1. The van der Waals surface area contributed by atoms with Crippen molar-refractivity contribution in [3.05, 3.63) is 81.3 Å². The summed E-state index contributed by atoms with van der Waals surface area (Å²) < 4.78 is 11.8. The number of aromatic amines is 1. The van der Waals surface area contributed by atoms with Gasteiger partial charge in [-0.05, 0) is 55.2 Å². The van der Waals surface area contributed by atoms with Gasteiger partial charge in [-0.2, -0.15) is 5.10 Å². The minimum Gasteiger partial charge on any atom is -0.490 e. The highest BCUT2D eigenvalue weighted by Crippen LogP contribution is 2.29. The molecule has 2 aromatic carbocycles. The van der Waals surface area contributed by atoms with E-state index >= 15 is 0 Å². The van der Waals surface area contributed by atoms with Crippen LogP contribution in [0.2, 0.25) is 0 Å². The van der Waals surface area contributed by atoms with Gasteiger partial charge in [0.05, 0.1) is 12.8 Å². The Morgan fingerprint density at radius 1 is 1.10 bits per heavy atom. The Kier molecular flexibility index (Phi) is 7.81. The van der Waals surface area contributed by atoms with Crippen molar-refractivity contribution >= 4 is 12.2 Å². The quantitative estimate of drug-likeness (QED) is 0.374. The second kappa shape index (κ2) is 11.0. The second-order valence-corrected chi connectivity index (χ2v) is 7.06. The van der Waals surface area contributed by atoms with Crippen LogP contribution in [-0.4, -0.2) is 22.8 Å². The molecule has 7 heteroatoms. The van der Waals surface area contributed by atoms with Gasteiger partial charge in [0, 0.05) is 11.8 Å². The minimum absolute atomic E-state index is 0.204. The number of nitrogens with zero attached hydrogens (tertiary/aromatic N) is 2. The zero-order chi connectivity index (χ0) is 22.1. The molecule has 0 bridgehead atoms. The monoisotopic (exact) mass is 420 g/mol. The van der Waals surface area contributed by atoms with Gasteiger partial charge in [-0.1, -0.05) is 37.6 Å². The van der Waals surface area contributed by atoms with E-state index < -0.39 is 0 Å². The number of rotatable bonds is 10. The van der Waals surface area contributed by atoms with Crippen molar-refractivity contribution in [3.63, 3.8) is 0 Å². The van der Waals surface area contributed by atoms with E-state index in [1.165, 1.54) is 11.6 Å². The molecule has 0 atom stereocenters. The van der Waals surface area contributed by atoms with E-state index in [0.29, 0.717) is 30.7 Å². The predicted octanol–water partition coefficient (Wildman–Crippen LogP) is 4.45. The number of aryl methyl sites for hydroxylation is 2. The first-order chi connectivity index (χ1) is 15.1. The van der Waals surface area contributed by atoms with Gasteiger partial charge < -0.3 is 9.47 Å². The molecule has 0 amide bonds. The van der Waals surface area contributed by atoms with Gasteiger partial charge in [0.15, 0.2) is 11.5 Å². The van der Waals surface area contributed by atoms with Crippen LogP contribution in [0.15, 0.2) is 58.4 Å². The summed E-state index contributed by atoms with van der Waals surface area (Å²) in [5, 5.41) is 4.19. The SMILES string of the molecule is CCCc1cc(=O)[nH]c(N/N=C/c2ccc(OCc3ccccc3C)c(OCC)c2)n1. The van der Waals surface area contributed by atoms with Crippen molar-refractivity contribution in [3.8, 4) is 11.5 Å². The van der Waals surface area contributed by atoms with E-state index in [-0.39, 0.29) is 5.56 Å². The first-order valence-corrected chi connectivity index (χ1v) is 10.4. The highest BCUT2D eigenvalue weighted by atomic mass is 16.5. The third-order valence-electron chi connectivity index (χ3n) is 4.60. The summed E-state index contributed by atoms with van der Waals surface area (Å²) in [7, 11) is 0. The Balaban J connectivity index is 1.70. The van der Waals surface area contributed by atoms with Gasteiger partial charge >= 0.3 is 0 Å². The summed E-state index contributed by atoms with van der Waals surface area (Å²) in [5.41, 5.74) is 6.45. The van der Waals surface area contributed by atoms with Crippen LogP contribution in [0.3, 0.4) is 0 Å². The molecule has 0 aliphatic rings. The van der Waals surface area contributed by atoms with Gasteiger partial charge in [0.2, 0.25) is 5.95 Å². The van der Waals surface area contributed by atoms with Crippen molar-refractivity contribution < 1.29 is 9.47 Å². The smallest absolute Gasteiger partial charge is 0.252 e. The average Bonchev–Trinajstić information content (AvgIpc) is 2.74. The van der Waals surface area contributed by atoms with Gasteiger partial charge in [0.25, 0.3) is 5.56 Å². The number of H-pyrrole nitrogens is 1. The highest BCUT2D eigenvalue weighted by molar-refractivity contribution is 5.81. The van der Waals surface area contributed by atoms with E-state index in [2.05, 4.69) is 39.6 Å². The molecule has 1 heterocycles. The molecule has 0 aliphatic carbocycles. The van der Waals surface area contributed by atoms with Gasteiger partial charge in [-0.25, -0.2) is 10.4 Å². The molecule has 0 spiro atoms. The summed E-state index contributed by atoms with van der Waals surface area (Å²) in [4.78, 5) is 18.7. The summed E-state index contributed by atoms with van der Waals surface area (Å²) in [5.74, 6) is 1.64. The lowest BCUT2D eigenvalue weighted by Crippen LogP contribution is -2.12. The van der Waals surface area contributed by atoms with E-state index in [1.54, 1.807) is 6.21 Å². The molecule has 0 radical (unpaired) electrons. The van der Waals surface area contributed by atoms with Gasteiger partial charge in [-0.15, -0.1) is 0 Å². The molecule has 0 unspecified atom stereocenters. The van der Waals surface area contributed by atoms with Crippen LogP contribution in [0.25, 0.3) is 0 Å². The third-order valence-corrected chi connectivity index (χ3v) is 4.60. The van der Waals surface area contributed by atoms with Crippen molar-refractivity contribution in [2.24, 2.45) is 5.10 Å². The van der Waals surface area contributed by atoms with Crippen LogP contribution >= 0.6 is 0 Å². The topological polar surface area (TPSA) is 88.6 Å². The normalized spacial score (nSPS) is 10.9. The maximum Gasteiger partial charge on any atom is 0.252 e. The molecule has 2 N–H and O–H groups in total. The molecule has 162 valence electrons. The van der Waals surface area contributed by atoms with Crippen LogP contribution in [-0.2, 0) is 13.0 Å². The zero-order valence-electron chi connectivity index (χ0n) is 18.1. The second-order valence-electron chi connectivity index (χ2n) is 7.06. The Morgan fingerprint density at radius 2 is 1.94 bits per heavy atom. The molecule has 1 aromatic heterocycles. The van der Waals surface area contributed by atoms with E-state index in [4.69, 9.17) is 9.47 Å². The number of aromatic nitrogens is 2. The summed E-state index contributed by atoms with van der Waals surface area (Å²) in [6.45, 7) is 7.02. The zero-order valence-corrected chi connectivity index (χ0v) is 18.1. The molecular formula is C24H28N4O3. The Hall–Kier alpha value is -3.61. The highest BCUT2D eigenvalue weighted by Gasteiger charge is 2.07. The first kappa shape index (κ1) is 22.1. The van der Waals surface area contributed by atoms with Crippen molar-refractivity contribution in [2.75, 3.05) is 12.0 Å². The number of hydrogen-bond donors (Lipinski definition) is 2. The molecule has 0 saturated heterocycles. The van der Waals surface area contributed by atoms with E-state index in [0.717, 1.165) is 29.7 Å². The molecule has 0 saturated carbocycles. The first-order valence-electron chi connectivity index (χ1n) is 10.4. The van der Waals surface area contributed by atoms with Gasteiger partial charge in [-0.3, -0.25) is 9.78 Å². The van der Waals surface area contributed by atoms with Crippen molar-refractivity contribution in [1.82, 2.24) is 9.97 Å². The number of anilines is 1. The van der Waals surface area contributed by atoms with Crippen LogP contribution in [0.5, 0.6) is 11.5 Å². The summed E-state index contributed by atoms with van der Waals surface area (Å²) in [6.07, 6.45) is 3.29. The molecule has 3 aromatic rings. The molecule has 0 fully saturated rings. The lowest BCUT2D eigenvalue weighted by molar-refractivity contribution is 0.269. The Labute approximate surface area is 182 Å².